The van der Waals surface area contributed by atoms with Crippen LogP contribution in [0.3, 0.4) is 0 Å². The second-order valence-electron chi connectivity index (χ2n) is 7.18. The van der Waals surface area contributed by atoms with Gasteiger partial charge in [-0.1, -0.05) is 6.92 Å². The summed E-state index contributed by atoms with van der Waals surface area (Å²) in [6.45, 7) is 13.8. The van der Waals surface area contributed by atoms with Crippen LogP contribution in [0.5, 0.6) is 0 Å². The van der Waals surface area contributed by atoms with Gasteiger partial charge in [0, 0.05) is 25.7 Å². The minimum Gasteiger partial charge on any atom is -0.372 e. The molecule has 0 spiro atoms. The molecule has 4 nitrogen and oxygen atoms in total. The third-order valence-electron chi connectivity index (χ3n) is 3.99. The maximum atomic E-state index is 6.09. The lowest BCUT2D eigenvalue weighted by Gasteiger charge is -2.37. The fraction of sp³-hybridized carbons (Fsp3) is 0.938. The van der Waals surface area contributed by atoms with Crippen molar-refractivity contribution in [2.75, 3.05) is 19.6 Å². The number of guanidine groups is 1. The summed E-state index contributed by atoms with van der Waals surface area (Å²) in [4.78, 5) is 7.05. The van der Waals surface area contributed by atoms with Crippen molar-refractivity contribution in [1.82, 2.24) is 10.2 Å². The van der Waals surface area contributed by atoms with Crippen molar-refractivity contribution in [2.45, 2.75) is 71.6 Å². The van der Waals surface area contributed by atoms with Crippen molar-refractivity contribution in [3.63, 3.8) is 0 Å². The van der Waals surface area contributed by atoms with Gasteiger partial charge in [0.1, 0.15) is 0 Å². The minimum absolute atomic E-state index is 0. The summed E-state index contributed by atoms with van der Waals surface area (Å²) in [6.07, 6.45) is 3.88. The molecular weight excluding hydrogens is 377 g/mol. The number of rotatable bonds is 3. The highest BCUT2D eigenvalue weighted by Gasteiger charge is 2.35. The number of hydrogen-bond acceptors (Lipinski definition) is 2. The number of hydrogen-bond donors (Lipinski definition) is 1. The molecule has 0 aromatic heterocycles. The second-order valence-corrected chi connectivity index (χ2v) is 7.18. The van der Waals surface area contributed by atoms with Crippen molar-refractivity contribution in [3.05, 3.63) is 0 Å². The highest BCUT2D eigenvalue weighted by molar-refractivity contribution is 14.0. The first kappa shape index (κ1) is 19.0. The van der Waals surface area contributed by atoms with Crippen LogP contribution in [-0.4, -0.2) is 48.2 Å². The molecule has 5 heteroatoms. The number of aliphatic imine (C=N–C) groups is 1. The number of nitrogens with zero attached hydrogens (tertiary/aromatic N) is 2. The molecule has 0 radical (unpaired) electrons. The van der Waals surface area contributed by atoms with E-state index >= 15 is 0 Å². The number of nitrogens with one attached hydrogen (secondary N) is 1. The second kappa shape index (κ2) is 7.99. The molecule has 2 rings (SSSR count). The molecule has 1 N–H and O–H groups in total. The highest BCUT2D eigenvalue weighted by Crippen LogP contribution is 2.29. The Bertz CT molecular complexity index is 346. The zero-order chi connectivity index (χ0) is 14.8. The molecule has 0 bridgehead atoms. The number of halogens is 1. The van der Waals surface area contributed by atoms with E-state index in [0.717, 1.165) is 44.4 Å². The van der Waals surface area contributed by atoms with Crippen molar-refractivity contribution < 1.29 is 4.74 Å². The first-order chi connectivity index (χ1) is 9.39. The molecule has 1 heterocycles. The first-order valence-corrected chi connectivity index (χ1v) is 8.13. The topological polar surface area (TPSA) is 36.9 Å². The van der Waals surface area contributed by atoms with Gasteiger partial charge < -0.3 is 15.0 Å². The molecule has 1 saturated heterocycles. The predicted octanol–water partition coefficient (Wildman–Crippen LogP) is 3.26. The molecule has 124 valence electrons. The number of piperidine rings is 1. The molecule has 1 aliphatic carbocycles. The van der Waals surface area contributed by atoms with Crippen molar-refractivity contribution >= 4 is 29.9 Å². The summed E-state index contributed by atoms with van der Waals surface area (Å²) in [5.41, 5.74) is -0.0329. The van der Waals surface area contributed by atoms with Crippen molar-refractivity contribution in [1.29, 1.82) is 0 Å². The fourth-order valence-corrected chi connectivity index (χ4v) is 2.76. The quantitative estimate of drug-likeness (QED) is 0.442. The lowest BCUT2D eigenvalue weighted by Crippen LogP contribution is -2.48. The maximum absolute atomic E-state index is 6.09. The van der Waals surface area contributed by atoms with Gasteiger partial charge in [-0.2, -0.15) is 0 Å². The van der Waals surface area contributed by atoms with Gasteiger partial charge in [-0.15, -0.1) is 24.0 Å². The third-order valence-corrected chi connectivity index (χ3v) is 3.99. The van der Waals surface area contributed by atoms with Crippen molar-refractivity contribution in [3.8, 4) is 0 Å². The Balaban J connectivity index is 0.00000220. The molecule has 1 aliphatic heterocycles. The van der Waals surface area contributed by atoms with E-state index in [-0.39, 0.29) is 29.6 Å². The van der Waals surface area contributed by atoms with E-state index in [1.807, 2.05) is 0 Å². The van der Waals surface area contributed by atoms with E-state index in [0.29, 0.717) is 12.1 Å². The number of ether oxygens (including phenoxy) is 1. The Morgan fingerprint density at radius 3 is 2.29 bits per heavy atom. The van der Waals surface area contributed by atoms with Crippen molar-refractivity contribution in [2.24, 2.45) is 10.9 Å². The van der Waals surface area contributed by atoms with E-state index in [4.69, 9.17) is 4.74 Å². The van der Waals surface area contributed by atoms with Crippen LogP contribution >= 0.6 is 24.0 Å². The van der Waals surface area contributed by atoms with Crippen LogP contribution in [0.4, 0.5) is 0 Å². The van der Waals surface area contributed by atoms with Gasteiger partial charge in [0.15, 0.2) is 5.96 Å². The summed E-state index contributed by atoms with van der Waals surface area (Å²) in [6, 6.07) is 0.642. The van der Waals surface area contributed by atoms with Gasteiger partial charge in [0.2, 0.25) is 0 Å². The number of likely N-dealkylation sites (tertiary alicyclic amines) is 1. The largest absolute Gasteiger partial charge is 0.372 e. The maximum Gasteiger partial charge on any atom is 0.194 e. The Labute approximate surface area is 147 Å². The van der Waals surface area contributed by atoms with Crippen LogP contribution in [0.25, 0.3) is 0 Å². The lowest BCUT2D eigenvalue weighted by molar-refractivity contribution is -0.0772. The van der Waals surface area contributed by atoms with Gasteiger partial charge in [0.05, 0.1) is 11.7 Å². The summed E-state index contributed by atoms with van der Waals surface area (Å²) in [5, 5.41) is 3.61. The normalized spacial score (nSPS) is 27.3. The summed E-state index contributed by atoms with van der Waals surface area (Å²) in [5.74, 6) is 1.91. The molecule has 0 aromatic rings. The first-order valence-electron chi connectivity index (χ1n) is 8.13. The Hall–Kier alpha value is -0.0400. The summed E-state index contributed by atoms with van der Waals surface area (Å²) >= 11 is 0. The summed E-state index contributed by atoms with van der Waals surface area (Å²) in [7, 11) is 0. The van der Waals surface area contributed by atoms with E-state index in [9.17, 15) is 0 Å². The van der Waals surface area contributed by atoms with Crippen LogP contribution in [-0.2, 0) is 4.74 Å². The predicted molar refractivity (Wildman–Crippen MR) is 99.5 cm³/mol. The smallest absolute Gasteiger partial charge is 0.194 e. The molecule has 2 atom stereocenters. The molecule has 0 amide bonds. The highest BCUT2D eigenvalue weighted by atomic mass is 127. The average Bonchev–Trinajstić information content (AvgIpc) is 3.03. The third kappa shape index (κ3) is 6.30. The summed E-state index contributed by atoms with van der Waals surface area (Å²) < 4.78 is 6.09. The monoisotopic (exact) mass is 409 g/mol. The van der Waals surface area contributed by atoms with Gasteiger partial charge in [-0.05, 0) is 52.9 Å². The molecular formula is C16H32IN3O. The molecule has 1 saturated carbocycles. The van der Waals surface area contributed by atoms with E-state index in [1.54, 1.807) is 0 Å². The molecule has 0 aromatic carbocycles. The SMILES string of the molecule is CCN=C(NC1CC1C)N1CCC(OC(C)(C)C)CC1.I. The van der Waals surface area contributed by atoms with E-state index in [2.05, 4.69) is 49.8 Å². The van der Waals surface area contributed by atoms with Gasteiger partial charge in [0.25, 0.3) is 0 Å². The molecule has 21 heavy (non-hydrogen) atoms. The molecule has 2 aliphatic rings. The molecule has 2 unspecified atom stereocenters. The fourth-order valence-electron chi connectivity index (χ4n) is 2.76. The van der Waals surface area contributed by atoms with Crippen LogP contribution in [0.2, 0.25) is 0 Å². The molecule has 2 fully saturated rings. The zero-order valence-electron chi connectivity index (χ0n) is 14.2. The average molecular weight is 409 g/mol. The standard InChI is InChI=1S/C16H31N3O.HI/c1-6-17-15(18-14-11-12(14)2)19-9-7-13(8-10-19)20-16(3,4)5;/h12-14H,6-11H2,1-5H3,(H,17,18);1H. The van der Waals surface area contributed by atoms with Crippen LogP contribution < -0.4 is 5.32 Å². The zero-order valence-corrected chi connectivity index (χ0v) is 16.5. The minimum atomic E-state index is -0.0329. The van der Waals surface area contributed by atoms with Gasteiger partial charge in [-0.3, -0.25) is 4.99 Å². The lowest BCUT2D eigenvalue weighted by atomic mass is 10.1. The van der Waals surface area contributed by atoms with Crippen LogP contribution in [0.15, 0.2) is 4.99 Å². The van der Waals surface area contributed by atoms with Gasteiger partial charge >= 0.3 is 0 Å². The van der Waals surface area contributed by atoms with E-state index in [1.165, 1.54) is 6.42 Å². The van der Waals surface area contributed by atoms with Crippen LogP contribution in [0.1, 0.15) is 53.9 Å². The Morgan fingerprint density at radius 2 is 1.86 bits per heavy atom. The Morgan fingerprint density at radius 1 is 1.29 bits per heavy atom. The Kier molecular flexibility index (Phi) is 7.24. The van der Waals surface area contributed by atoms with Gasteiger partial charge in [-0.25, -0.2) is 0 Å². The van der Waals surface area contributed by atoms with Crippen LogP contribution in [0, 0.1) is 5.92 Å². The van der Waals surface area contributed by atoms with E-state index < -0.39 is 0 Å².